The van der Waals surface area contributed by atoms with Crippen LogP contribution < -0.4 is 5.32 Å². The maximum atomic E-state index is 12.7. The molecule has 0 aromatic heterocycles. The van der Waals surface area contributed by atoms with Crippen LogP contribution >= 0.6 is 0 Å². The monoisotopic (exact) mass is 345 g/mol. The SMILES string of the molecule is O=C(NC[C@@H]([C@@H]1CCOC1)N1CCOCC1)N1Cc2ccccc2C1. The van der Waals surface area contributed by atoms with E-state index in [-0.39, 0.29) is 6.03 Å². The number of amides is 2. The van der Waals surface area contributed by atoms with Crippen LogP contribution in [-0.2, 0) is 22.6 Å². The van der Waals surface area contributed by atoms with Crippen molar-refractivity contribution in [1.29, 1.82) is 0 Å². The first-order chi connectivity index (χ1) is 12.3. The molecule has 2 fully saturated rings. The summed E-state index contributed by atoms with van der Waals surface area (Å²) in [6.45, 7) is 7.15. The first-order valence-electron chi connectivity index (χ1n) is 9.30. The van der Waals surface area contributed by atoms with Gasteiger partial charge in [-0.3, -0.25) is 4.90 Å². The Labute approximate surface area is 149 Å². The molecule has 0 radical (unpaired) electrons. The Morgan fingerprint density at radius 1 is 1.12 bits per heavy atom. The number of rotatable bonds is 4. The van der Waals surface area contributed by atoms with Gasteiger partial charge in [-0.05, 0) is 17.5 Å². The Bertz CT molecular complexity index is 572. The smallest absolute Gasteiger partial charge is 0.318 e. The summed E-state index contributed by atoms with van der Waals surface area (Å²) in [6.07, 6.45) is 1.08. The number of carbonyl (C=O) groups is 1. The van der Waals surface area contributed by atoms with Crippen LogP contribution in [0.3, 0.4) is 0 Å². The maximum absolute atomic E-state index is 12.7. The number of fused-ring (bicyclic) bond motifs is 1. The second-order valence-corrected chi connectivity index (χ2v) is 7.15. The average molecular weight is 345 g/mol. The summed E-state index contributed by atoms with van der Waals surface area (Å²) in [5.74, 6) is 0.495. The summed E-state index contributed by atoms with van der Waals surface area (Å²) in [6, 6.07) is 8.65. The zero-order valence-electron chi connectivity index (χ0n) is 14.7. The van der Waals surface area contributed by atoms with Crippen molar-refractivity contribution >= 4 is 6.03 Å². The molecule has 136 valence electrons. The molecule has 0 spiro atoms. The first-order valence-corrected chi connectivity index (χ1v) is 9.30. The van der Waals surface area contributed by atoms with Gasteiger partial charge in [0.15, 0.2) is 0 Å². The van der Waals surface area contributed by atoms with E-state index in [9.17, 15) is 4.79 Å². The van der Waals surface area contributed by atoms with E-state index in [2.05, 4.69) is 22.3 Å². The highest BCUT2D eigenvalue weighted by atomic mass is 16.5. The van der Waals surface area contributed by atoms with E-state index in [1.54, 1.807) is 0 Å². The third kappa shape index (κ3) is 3.81. The molecule has 6 nitrogen and oxygen atoms in total. The minimum absolute atomic E-state index is 0.0355. The lowest BCUT2D eigenvalue weighted by molar-refractivity contribution is 0.00185. The highest BCUT2D eigenvalue weighted by Gasteiger charge is 2.32. The van der Waals surface area contributed by atoms with Gasteiger partial charge in [-0.15, -0.1) is 0 Å². The molecule has 0 bridgehead atoms. The Balaban J connectivity index is 1.35. The molecule has 6 heteroatoms. The first kappa shape index (κ1) is 16.8. The molecular weight excluding hydrogens is 318 g/mol. The van der Waals surface area contributed by atoms with Crippen LogP contribution in [0.15, 0.2) is 24.3 Å². The predicted molar refractivity (Wildman–Crippen MR) is 94.2 cm³/mol. The maximum Gasteiger partial charge on any atom is 0.318 e. The number of morpholine rings is 1. The molecule has 2 amide bonds. The van der Waals surface area contributed by atoms with Crippen molar-refractivity contribution < 1.29 is 14.3 Å². The summed E-state index contributed by atoms with van der Waals surface area (Å²) < 4.78 is 11.1. The summed E-state index contributed by atoms with van der Waals surface area (Å²) in [5.41, 5.74) is 2.51. The molecule has 3 heterocycles. The molecule has 0 unspecified atom stereocenters. The molecular formula is C19H27N3O3. The van der Waals surface area contributed by atoms with E-state index in [1.807, 2.05) is 17.0 Å². The molecule has 25 heavy (non-hydrogen) atoms. The van der Waals surface area contributed by atoms with Gasteiger partial charge in [0.25, 0.3) is 0 Å². The molecule has 3 aliphatic heterocycles. The summed E-state index contributed by atoms with van der Waals surface area (Å²) in [7, 11) is 0. The minimum atomic E-state index is 0.0355. The van der Waals surface area contributed by atoms with Crippen LogP contribution in [0.1, 0.15) is 17.5 Å². The molecule has 0 saturated carbocycles. The fourth-order valence-corrected chi connectivity index (χ4v) is 4.14. The van der Waals surface area contributed by atoms with Gasteiger partial charge >= 0.3 is 6.03 Å². The highest BCUT2D eigenvalue weighted by Crippen LogP contribution is 2.24. The normalized spacial score (nSPS) is 25.0. The number of nitrogens with zero attached hydrogens (tertiary/aromatic N) is 2. The average Bonchev–Trinajstić information content (AvgIpc) is 3.32. The van der Waals surface area contributed by atoms with Gasteiger partial charge in [-0.2, -0.15) is 0 Å². The quantitative estimate of drug-likeness (QED) is 0.897. The standard InChI is InChI=1S/C19H27N3O3/c23-19(22-12-15-3-1-2-4-16(15)13-22)20-11-18(17-5-8-25-14-17)21-6-9-24-10-7-21/h1-4,17-18H,5-14H2,(H,20,23)/t17-,18+/m1/s1. The van der Waals surface area contributed by atoms with E-state index >= 15 is 0 Å². The number of hydrogen-bond donors (Lipinski definition) is 1. The van der Waals surface area contributed by atoms with Crippen molar-refractivity contribution in [3.8, 4) is 0 Å². The van der Waals surface area contributed by atoms with E-state index in [1.165, 1.54) is 11.1 Å². The lowest BCUT2D eigenvalue weighted by atomic mass is 9.97. The molecule has 1 N–H and O–H groups in total. The predicted octanol–water partition coefficient (Wildman–Crippen LogP) is 1.45. The van der Waals surface area contributed by atoms with E-state index in [0.29, 0.717) is 31.6 Å². The van der Waals surface area contributed by atoms with Crippen molar-refractivity contribution in [2.45, 2.75) is 25.6 Å². The fraction of sp³-hybridized carbons (Fsp3) is 0.632. The summed E-state index contributed by atoms with van der Waals surface area (Å²) in [5, 5.41) is 3.18. The van der Waals surface area contributed by atoms with Crippen LogP contribution in [0, 0.1) is 5.92 Å². The topological polar surface area (TPSA) is 54.0 Å². The zero-order valence-corrected chi connectivity index (χ0v) is 14.7. The molecule has 2 atom stereocenters. The van der Waals surface area contributed by atoms with Gasteiger partial charge < -0.3 is 19.7 Å². The second-order valence-electron chi connectivity index (χ2n) is 7.15. The third-order valence-corrected chi connectivity index (χ3v) is 5.61. The van der Waals surface area contributed by atoms with Crippen molar-refractivity contribution in [3.05, 3.63) is 35.4 Å². The zero-order chi connectivity index (χ0) is 17.1. The number of benzene rings is 1. The van der Waals surface area contributed by atoms with Crippen LogP contribution in [-0.4, -0.2) is 67.9 Å². The van der Waals surface area contributed by atoms with E-state index in [4.69, 9.17) is 9.47 Å². The largest absolute Gasteiger partial charge is 0.381 e. The lowest BCUT2D eigenvalue weighted by Crippen LogP contribution is -2.53. The summed E-state index contributed by atoms with van der Waals surface area (Å²) in [4.78, 5) is 17.0. The van der Waals surface area contributed by atoms with Crippen LogP contribution in [0.25, 0.3) is 0 Å². The molecule has 2 saturated heterocycles. The number of ether oxygens (including phenoxy) is 2. The van der Waals surface area contributed by atoms with Crippen molar-refractivity contribution in [2.24, 2.45) is 5.92 Å². The Hall–Kier alpha value is -1.63. The third-order valence-electron chi connectivity index (χ3n) is 5.61. The number of carbonyl (C=O) groups excluding carboxylic acids is 1. The minimum Gasteiger partial charge on any atom is -0.381 e. The molecule has 4 rings (SSSR count). The Morgan fingerprint density at radius 3 is 2.48 bits per heavy atom. The fourth-order valence-electron chi connectivity index (χ4n) is 4.14. The van der Waals surface area contributed by atoms with Gasteiger partial charge in [-0.1, -0.05) is 24.3 Å². The van der Waals surface area contributed by atoms with Gasteiger partial charge in [0.1, 0.15) is 0 Å². The van der Waals surface area contributed by atoms with Crippen molar-refractivity contribution in [1.82, 2.24) is 15.1 Å². The number of urea groups is 1. The van der Waals surface area contributed by atoms with Crippen LogP contribution in [0.4, 0.5) is 4.79 Å². The van der Waals surface area contributed by atoms with Gasteiger partial charge in [0, 0.05) is 51.3 Å². The Kier molecular flexibility index (Phi) is 5.20. The number of hydrogen-bond acceptors (Lipinski definition) is 4. The van der Waals surface area contributed by atoms with E-state index in [0.717, 1.165) is 45.9 Å². The summed E-state index contributed by atoms with van der Waals surface area (Å²) >= 11 is 0. The van der Waals surface area contributed by atoms with Crippen LogP contribution in [0.2, 0.25) is 0 Å². The number of nitrogens with one attached hydrogen (secondary N) is 1. The van der Waals surface area contributed by atoms with Crippen molar-refractivity contribution in [3.63, 3.8) is 0 Å². The van der Waals surface area contributed by atoms with Crippen LogP contribution in [0.5, 0.6) is 0 Å². The molecule has 1 aromatic carbocycles. The second kappa shape index (κ2) is 7.72. The van der Waals surface area contributed by atoms with Gasteiger partial charge in [0.2, 0.25) is 0 Å². The molecule has 1 aromatic rings. The molecule has 3 aliphatic rings. The molecule has 0 aliphatic carbocycles. The van der Waals surface area contributed by atoms with Gasteiger partial charge in [0.05, 0.1) is 19.8 Å². The Morgan fingerprint density at radius 2 is 1.84 bits per heavy atom. The van der Waals surface area contributed by atoms with E-state index < -0.39 is 0 Å². The highest BCUT2D eigenvalue weighted by molar-refractivity contribution is 5.75. The van der Waals surface area contributed by atoms with Crippen molar-refractivity contribution in [2.75, 3.05) is 46.1 Å². The lowest BCUT2D eigenvalue weighted by Gasteiger charge is -2.37. The van der Waals surface area contributed by atoms with Gasteiger partial charge in [-0.25, -0.2) is 4.79 Å².